The third-order valence-corrected chi connectivity index (χ3v) is 4.84. The first-order valence-electron chi connectivity index (χ1n) is 9.25. The minimum absolute atomic E-state index is 0.0735. The van der Waals surface area contributed by atoms with Crippen molar-refractivity contribution >= 4 is 17.4 Å². The highest BCUT2D eigenvalue weighted by molar-refractivity contribution is 5.91. The SMILES string of the molecule is NNC(=O)c1nc(-c2ccccc2)cc(N2CCN(c3ccccc3)CC2)n1. The molecule has 1 amide bonds. The molecular formula is C21H22N6O. The van der Waals surface area contributed by atoms with Crippen LogP contribution in [0.5, 0.6) is 0 Å². The standard InChI is InChI=1S/C21H22N6O/c22-25-21(28)20-23-18(16-7-3-1-4-8-16)15-19(24-20)27-13-11-26(12-14-27)17-9-5-2-6-10-17/h1-10,15H,11-14,22H2,(H,25,28). The molecule has 0 saturated carbocycles. The summed E-state index contributed by atoms with van der Waals surface area (Å²) >= 11 is 0. The Morgan fingerprint density at radius 1 is 0.857 bits per heavy atom. The summed E-state index contributed by atoms with van der Waals surface area (Å²) in [5.41, 5.74) is 4.98. The number of para-hydroxylation sites is 1. The van der Waals surface area contributed by atoms with E-state index in [9.17, 15) is 4.79 Å². The van der Waals surface area contributed by atoms with Gasteiger partial charge in [0.2, 0.25) is 5.82 Å². The minimum Gasteiger partial charge on any atom is -0.368 e. The maximum atomic E-state index is 12.1. The van der Waals surface area contributed by atoms with E-state index in [1.807, 2.05) is 42.5 Å². The van der Waals surface area contributed by atoms with Gasteiger partial charge in [-0.3, -0.25) is 10.2 Å². The molecule has 2 aromatic carbocycles. The summed E-state index contributed by atoms with van der Waals surface area (Å²) in [6.07, 6.45) is 0. The van der Waals surface area contributed by atoms with Gasteiger partial charge in [-0.05, 0) is 12.1 Å². The molecule has 1 saturated heterocycles. The molecule has 1 aromatic heterocycles. The van der Waals surface area contributed by atoms with Gasteiger partial charge < -0.3 is 9.80 Å². The van der Waals surface area contributed by atoms with E-state index in [-0.39, 0.29) is 5.82 Å². The first-order chi connectivity index (χ1) is 13.7. The molecule has 0 aliphatic carbocycles. The number of amides is 1. The van der Waals surface area contributed by atoms with E-state index in [4.69, 9.17) is 5.84 Å². The number of aromatic nitrogens is 2. The normalized spacial score (nSPS) is 14.0. The fourth-order valence-electron chi connectivity index (χ4n) is 3.35. The predicted molar refractivity (Wildman–Crippen MR) is 110 cm³/mol. The van der Waals surface area contributed by atoms with Crippen LogP contribution in [0.2, 0.25) is 0 Å². The van der Waals surface area contributed by atoms with Crippen LogP contribution in [-0.4, -0.2) is 42.1 Å². The van der Waals surface area contributed by atoms with Crippen LogP contribution in [0, 0.1) is 0 Å². The zero-order valence-electron chi connectivity index (χ0n) is 15.5. The van der Waals surface area contributed by atoms with E-state index in [2.05, 4.69) is 49.5 Å². The van der Waals surface area contributed by atoms with Gasteiger partial charge in [0.15, 0.2) is 0 Å². The van der Waals surface area contributed by atoms with Crippen molar-refractivity contribution in [3.8, 4) is 11.3 Å². The van der Waals surface area contributed by atoms with Crippen LogP contribution in [0.15, 0.2) is 66.7 Å². The first-order valence-corrected chi connectivity index (χ1v) is 9.25. The molecule has 7 heteroatoms. The third kappa shape index (κ3) is 3.79. The molecule has 3 N–H and O–H groups in total. The number of hydrogen-bond donors (Lipinski definition) is 2. The second-order valence-corrected chi connectivity index (χ2v) is 6.58. The van der Waals surface area contributed by atoms with Crippen LogP contribution in [0.3, 0.4) is 0 Å². The van der Waals surface area contributed by atoms with Gasteiger partial charge in [0.25, 0.3) is 0 Å². The highest BCUT2D eigenvalue weighted by atomic mass is 16.2. The van der Waals surface area contributed by atoms with Gasteiger partial charge in [-0.1, -0.05) is 48.5 Å². The number of rotatable bonds is 4. The van der Waals surface area contributed by atoms with Crippen molar-refractivity contribution < 1.29 is 4.79 Å². The van der Waals surface area contributed by atoms with E-state index in [0.29, 0.717) is 5.69 Å². The Morgan fingerprint density at radius 2 is 1.46 bits per heavy atom. The van der Waals surface area contributed by atoms with Gasteiger partial charge in [0, 0.05) is 43.5 Å². The van der Waals surface area contributed by atoms with Gasteiger partial charge >= 0.3 is 5.91 Å². The highest BCUT2D eigenvalue weighted by Crippen LogP contribution is 2.24. The van der Waals surface area contributed by atoms with Gasteiger partial charge in [0.1, 0.15) is 5.82 Å². The number of benzene rings is 2. The number of nitrogens with zero attached hydrogens (tertiary/aromatic N) is 4. The Hall–Kier alpha value is -3.45. The molecular weight excluding hydrogens is 352 g/mol. The van der Waals surface area contributed by atoms with Crippen LogP contribution in [0.25, 0.3) is 11.3 Å². The average Bonchev–Trinajstić information content (AvgIpc) is 2.79. The second-order valence-electron chi connectivity index (χ2n) is 6.58. The lowest BCUT2D eigenvalue weighted by Gasteiger charge is -2.36. The number of carbonyl (C=O) groups excluding carboxylic acids is 1. The number of nitrogens with two attached hydrogens (primary N) is 1. The van der Waals surface area contributed by atoms with E-state index in [1.54, 1.807) is 0 Å². The fraction of sp³-hybridized carbons (Fsp3) is 0.190. The molecule has 0 spiro atoms. The molecule has 28 heavy (non-hydrogen) atoms. The number of hydrazine groups is 1. The molecule has 0 unspecified atom stereocenters. The average molecular weight is 374 g/mol. The molecule has 2 heterocycles. The van der Waals surface area contributed by atoms with Crippen LogP contribution in [-0.2, 0) is 0 Å². The Bertz CT molecular complexity index is 940. The molecule has 1 fully saturated rings. The molecule has 0 radical (unpaired) electrons. The van der Waals surface area contributed by atoms with Gasteiger partial charge in [-0.25, -0.2) is 15.8 Å². The van der Waals surface area contributed by atoms with E-state index in [0.717, 1.165) is 37.6 Å². The Balaban J connectivity index is 1.60. The van der Waals surface area contributed by atoms with E-state index < -0.39 is 5.91 Å². The largest absolute Gasteiger partial charge is 0.368 e. The first kappa shape index (κ1) is 17.9. The summed E-state index contributed by atoms with van der Waals surface area (Å²) in [4.78, 5) is 25.5. The molecule has 7 nitrogen and oxygen atoms in total. The lowest BCUT2D eigenvalue weighted by Crippen LogP contribution is -2.47. The topological polar surface area (TPSA) is 87.4 Å². The van der Waals surface area contributed by atoms with Crippen molar-refractivity contribution in [1.29, 1.82) is 0 Å². The Labute approximate surface area is 163 Å². The number of nitrogens with one attached hydrogen (secondary N) is 1. The van der Waals surface area contributed by atoms with Crippen LogP contribution in [0.1, 0.15) is 10.6 Å². The van der Waals surface area contributed by atoms with Crippen molar-refractivity contribution in [2.24, 2.45) is 5.84 Å². The van der Waals surface area contributed by atoms with E-state index >= 15 is 0 Å². The monoisotopic (exact) mass is 374 g/mol. The smallest absolute Gasteiger partial charge is 0.303 e. The van der Waals surface area contributed by atoms with Gasteiger partial charge in [-0.2, -0.15) is 0 Å². The quantitative estimate of drug-likeness (QED) is 0.413. The zero-order valence-corrected chi connectivity index (χ0v) is 15.5. The summed E-state index contributed by atoms with van der Waals surface area (Å²) < 4.78 is 0. The number of carbonyl (C=O) groups is 1. The molecule has 142 valence electrons. The van der Waals surface area contributed by atoms with Crippen molar-refractivity contribution in [2.45, 2.75) is 0 Å². The van der Waals surface area contributed by atoms with Crippen LogP contribution in [0.4, 0.5) is 11.5 Å². The Kier molecular flexibility index (Phi) is 5.16. The molecule has 3 aromatic rings. The van der Waals surface area contributed by atoms with Crippen LogP contribution < -0.4 is 21.1 Å². The summed E-state index contributed by atoms with van der Waals surface area (Å²) in [6, 6.07) is 22.1. The lowest BCUT2D eigenvalue weighted by molar-refractivity contribution is 0.0943. The summed E-state index contributed by atoms with van der Waals surface area (Å²) in [5.74, 6) is 5.62. The van der Waals surface area contributed by atoms with Crippen LogP contribution >= 0.6 is 0 Å². The third-order valence-electron chi connectivity index (χ3n) is 4.84. The fourth-order valence-corrected chi connectivity index (χ4v) is 3.35. The van der Waals surface area contributed by atoms with Gasteiger partial charge in [0.05, 0.1) is 5.69 Å². The van der Waals surface area contributed by atoms with Gasteiger partial charge in [-0.15, -0.1) is 0 Å². The zero-order chi connectivity index (χ0) is 19.3. The maximum absolute atomic E-state index is 12.1. The van der Waals surface area contributed by atoms with Crippen molar-refractivity contribution in [1.82, 2.24) is 15.4 Å². The molecule has 1 aliphatic rings. The highest BCUT2D eigenvalue weighted by Gasteiger charge is 2.21. The van der Waals surface area contributed by atoms with Crippen molar-refractivity contribution in [2.75, 3.05) is 36.0 Å². The number of anilines is 2. The predicted octanol–water partition coefficient (Wildman–Crippen LogP) is 2.07. The number of hydrogen-bond acceptors (Lipinski definition) is 6. The number of nitrogen functional groups attached to an aromatic ring is 1. The minimum atomic E-state index is -0.498. The van der Waals surface area contributed by atoms with Crippen molar-refractivity contribution in [3.63, 3.8) is 0 Å². The van der Waals surface area contributed by atoms with E-state index in [1.165, 1.54) is 5.69 Å². The summed E-state index contributed by atoms with van der Waals surface area (Å²) in [7, 11) is 0. The molecule has 4 rings (SSSR count). The molecule has 0 atom stereocenters. The number of piperazine rings is 1. The summed E-state index contributed by atoms with van der Waals surface area (Å²) in [6.45, 7) is 3.38. The maximum Gasteiger partial charge on any atom is 0.303 e. The lowest BCUT2D eigenvalue weighted by atomic mass is 10.1. The van der Waals surface area contributed by atoms with Crippen molar-refractivity contribution in [3.05, 3.63) is 72.6 Å². The molecule has 1 aliphatic heterocycles. The summed E-state index contributed by atoms with van der Waals surface area (Å²) in [5, 5.41) is 0. The second kappa shape index (κ2) is 8.06. The molecule has 0 bridgehead atoms. The Morgan fingerprint density at radius 3 is 2.11 bits per heavy atom.